The van der Waals surface area contributed by atoms with Crippen molar-refractivity contribution in [1.29, 1.82) is 0 Å². The Bertz CT molecular complexity index is 1260. The predicted octanol–water partition coefficient (Wildman–Crippen LogP) is 5.53. The van der Waals surface area contributed by atoms with Crippen LogP contribution in [0.5, 0.6) is 17.2 Å². The summed E-state index contributed by atoms with van der Waals surface area (Å²) in [7, 11) is 4.57. The van der Waals surface area contributed by atoms with E-state index in [0.717, 1.165) is 11.1 Å². The minimum atomic E-state index is -0.321. The largest absolute Gasteiger partial charge is 0.493 e. The van der Waals surface area contributed by atoms with Gasteiger partial charge < -0.3 is 19.5 Å². The summed E-state index contributed by atoms with van der Waals surface area (Å²) < 4.78 is 17.9. The lowest BCUT2D eigenvalue weighted by Gasteiger charge is -2.14. The first kappa shape index (κ1) is 23.2. The lowest BCUT2D eigenvalue weighted by atomic mass is 10.1. The van der Waals surface area contributed by atoms with Crippen LogP contribution in [0.25, 0.3) is 11.3 Å². The summed E-state index contributed by atoms with van der Waals surface area (Å²) in [5.74, 6) is 1.00. The number of amides is 1. The highest BCUT2D eigenvalue weighted by atomic mass is 35.5. The van der Waals surface area contributed by atoms with Gasteiger partial charge in [-0.2, -0.15) is 5.10 Å². The van der Waals surface area contributed by atoms with Gasteiger partial charge in [0.25, 0.3) is 5.91 Å². The molecular formula is C26H24ClN3O4. The fourth-order valence-electron chi connectivity index (χ4n) is 3.61. The molecule has 1 aromatic heterocycles. The van der Waals surface area contributed by atoms with E-state index in [2.05, 4.69) is 5.32 Å². The second kappa shape index (κ2) is 10.3. The second-order valence-corrected chi connectivity index (χ2v) is 7.89. The zero-order valence-electron chi connectivity index (χ0n) is 19.0. The molecule has 0 aliphatic rings. The first-order valence-electron chi connectivity index (χ1n) is 10.5. The number of anilines is 1. The molecule has 0 aliphatic heterocycles. The SMILES string of the molecule is COc1cc(NC(=O)c2cn(Cc3ccccc3)nc2-c2ccc(Cl)cc2)cc(OC)c1OC. The van der Waals surface area contributed by atoms with Crippen LogP contribution >= 0.6 is 11.6 Å². The van der Waals surface area contributed by atoms with E-state index in [9.17, 15) is 4.79 Å². The summed E-state index contributed by atoms with van der Waals surface area (Å²) in [5, 5.41) is 8.24. The van der Waals surface area contributed by atoms with Crippen molar-refractivity contribution >= 4 is 23.2 Å². The Hall–Kier alpha value is -3.97. The number of carbonyl (C=O) groups excluding carboxylic acids is 1. The molecule has 7 nitrogen and oxygen atoms in total. The summed E-state index contributed by atoms with van der Waals surface area (Å²) in [6.45, 7) is 0.527. The molecule has 0 aliphatic carbocycles. The Morgan fingerprint density at radius 2 is 1.59 bits per heavy atom. The van der Waals surface area contributed by atoms with E-state index in [1.54, 1.807) is 35.1 Å². The summed E-state index contributed by atoms with van der Waals surface area (Å²) in [6.07, 6.45) is 1.74. The number of hydrogen-bond acceptors (Lipinski definition) is 5. The van der Waals surface area contributed by atoms with Gasteiger partial charge in [-0.05, 0) is 17.7 Å². The van der Waals surface area contributed by atoms with Crippen LogP contribution in [0.1, 0.15) is 15.9 Å². The van der Waals surface area contributed by atoms with Gasteiger partial charge in [-0.1, -0.05) is 54.1 Å². The van der Waals surface area contributed by atoms with Crippen LogP contribution in [0.3, 0.4) is 0 Å². The molecule has 3 aromatic carbocycles. The minimum absolute atomic E-state index is 0.321. The highest BCUT2D eigenvalue weighted by Crippen LogP contribution is 2.40. The Balaban J connectivity index is 1.70. The lowest BCUT2D eigenvalue weighted by molar-refractivity contribution is 0.102. The van der Waals surface area contributed by atoms with E-state index < -0.39 is 0 Å². The fraction of sp³-hybridized carbons (Fsp3) is 0.154. The third-order valence-corrected chi connectivity index (χ3v) is 5.49. The Labute approximate surface area is 202 Å². The van der Waals surface area contributed by atoms with Crippen molar-refractivity contribution < 1.29 is 19.0 Å². The maximum atomic E-state index is 13.4. The van der Waals surface area contributed by atoms with Gasteiger partial charge in [-0.15, -0.1) is 0 Å². The molecule has 0 saturated carbocycles. The molecular weight excluding hydrogens is 454 g/mol. The van der Waals surface area contributed by atoms with Gasteiger partial charge in [0.1, 0.15) is 5.69 Å². The third kappa shape index (κ3) is 5.00. The van der Waals surface area contributed by atoms with Crippen LogP contribution in [0.2, 0.25) is 5.02 Å². The molecule has 0 unspecified atom stereocenters. The van der Waals surface area contributed by atoms with Crippen LogP contribution in [0, 0.1) is 0 Å². The van der Waals surface area contributed by atoms with E-state index in [4.69, 9.17) is 30.9 Å². The number of ether oxygens (including phenoxy) is 3. The van der Waals surface area contributed by atoms with E-state index in [0.29, 0.717) is 45.8 Å². The molecule has 0 bridgehead atoms. The van der Waals surface area contributed by atoms with Crippen LogP contribution in [0.15, 0.2) is 72.9 Å². The van der Waals surface area contributed by atoms with E-state index in [1.165, 1.54) is 21.3 Å². The number of hydrogen-bond donors (Lipinski definition) is 1. The van der Waals surface area contributed by atoms with Gasteiger partial charge in [0, 0.05) is 34.6 Å². The van der Waals surface area contributed by atoms with Gasteiger partial charge in [0.2, 0.25) is 5.75 Å². The molecule has 0 spiro atoms. The number of methoxy groups -OCH3 is 3. The van der Waals surface area contributed by atoms with Crippen molar-refractivity contribution in [2.45, 2.75) is 6.54 Å². The molecule has 8 heteroatoms. The van der Waals surface area contributed by atoms with Crippen LogP contribution in [-0.2, 0) is 6.54 Å². The minimum Gasteiger partial charge on any atom is -0.493 e. The first-order chi connectivity index (χ1) is 16.5. The van der Waals surface area contributed by atoms with E-state index in [1.807, 2.05) is 42.5 Å². The van der Waals surface area contributed by atoms with Gasteiger partial charge in [0.05, 0.1) is 33.4 Å². The smallest absolute Gasteiger partial charge is 0.259 e. The second-order valence-electron chi connectivity index (χ2n) is 7.45. The molecule has 0 fully saturated rings. The van der Waals surface area contributed by atoms with Crippen molar-refractivity contribution in [2.75, 3.05) is 26.6 Å². The highest BCUT2D eigenvalue weighted by Gasteiger charge is 2.20. The number of rotatable bonds is 8. The topological polar surface area (TPSA) is 74.6 Å². The molecule has 4 rings (SSSR count). The van der Waals surface area contributed by atoms with Crippen molar-refractivity contribution in [1.82, 2.24) is 9.78 Å². The fourth-order valence-corrected chi connectivity index (χ4v) is 3.74. The molecule has 1 N–H and O–H groups in total. The zero-order valence-corrected chi connectivity index (χ0v) is 19.8. The van der Waals surface area contributed by atoms with Crippen molar-refractivity contribution in [3.8, 4) is 28.5 Å². The lowest BCUT2D eigenvalue weighted by Crippen LogP contribution is -2.13. The Morgan fingerprint density at radius 3 is 2.18 bits per heavy atom. The average molecular weight is 478 g/mol. The third-order valence-electron chi connectivity index (χ3n) is 5.23. The maximum Gasteiger partial charge on any atom is 0.259 e. The average Bonchev–Trinajstić information content (AvgIpc) is 3.28. The van der Waals surface area contributed by atoms with Crippen LogP contribution < -0.4 is 19.5 Å². The van der Waals surface area contributed by atoms with E-state index >= 15 is 0 Å². The van der Waals surface area contributed by atoms with Crippen LogP contribution in [0.4, 0.5) is 5.69 Å². The Morgan fingerprint density at radius 1 is 0.941 bits per heavy atom. The molecule has 1 amide bonds. The molecule has 1 heterocycles. The number of nitrogens with one attached hydrogen (secondary N) is 1. The quantitative estimate of drug-likeness (QED) is 0.361. The first-order valence-corrected chi connectivity index (χ1v) is 10.9. The molecule has 34 heavy (non-hydrogen) atoms. The van der Waals surface area contributed by atoms with Gasteiger partial charge in [-0.3, -0.25) is 9.48 Å². The molecule has 0 atom stereocenters. The van der Waals surface area contributed by atoms with Gasteiger partial charge in [-0.25, -0.2) is 0 Å². The van der Waals surface area contributed by atoms with Crippen molar-refractivity contribution in [3.05, 3.63) is 89.1 Å². The van der Waals surface area contributed by atoms with Crippen LogP contribution in [-0.4, -0.2) is 37.0 Å². The monoisotopic (exact) mass is 477 g/mol. The number of nitrogens with zero attached hydrogens (tertiary/aromatic N) is 2. The van der Waals surface area contributed by atoms with E-state index in [-0.39, 0.29) is 5.91 Å². The standard InChI is InChI=1S/C26H24ClN3O4/c1-32-22-13-20(14-23(33-2)25(22)34-3)28-26(31)21-16-30(15-17-7-5-4-6-8-17)29-24(21)18-9-11-19(27)12-10-18/h4-14,16H,15H2,1-3H3,(H,28,31). The highest BCUT2D eigenvalue weighted by molar-refractivity contribution is 6.30. The number of aromatic nitrogens is 2. The van der Waals surface area contributed by atoms with Gasteiger partial charge >= 0.3 is 0 Å². The molecule has 174 valence electrons. The van der Waals surface area contributed by atoms with Crippen molar-refractivity contribution in [3.63, 3.8) is 0 Å². The summed E-state index contributed by atoms with van der Waals surface area (Å²) in [6, 6.07) is 20.5. The zero-order chi connectivity index (χ0) is 24.1. The summed E-state index contributed by atoms with van der Waals surface area (Å²) >= 11 is 6.06. The summed E-state index contributed by atoms with van der Waals surface area (Å²) in [4.78, 5) is 13.4. The predicted molar refractivity (Wildman–Crippen MR) is 132 cm³/mol. The summed E-state index contributed by atoms with van der Waals surface area (Å²) in [5.41, 5.74) is 3.33. The maximum absolute atomic E-state index is 13.4. The molecule has 4 aromatic rings. The Kier molecular flexibility index (Phi) is 7.04. The van der Waals surface area contributed by atoms with Gasteiger partial charge in [0.15, 0.2) is 11.5 Å². The van der Waals surface area contributed by atoms with Crippen molar-refractivity contribution in [2.24, 2.45) is 0 Å². The molecule has 0 saturated heterocycles. The number of benzene rings is 3. The normalized spacial score (nSPS) is 10.6. The molecule has 0 radical (unpaired) electrons. The number of halogens is 1. The number of carbonyl (C=O) groups is 1.